The summed E-state index contributed by atoms with van der Waals surface area (Å²) in [6.45, 7) is 2.35. The van der Waals surface area contributed by atoms with E-state index >= 15 is 0 Å². The van der Waals surface area contributed by atoms with E-state index in [1.54, 1.807) is 29.1 Å². The number of ether oxygens (including phenoxy) is 2. The van der Waals surface area contributed by atoms with E-state index in [-0.39, 0.29) is 6.10 Å². The Hall–Kier alpha value is -2.30. The summed E-state index contributed by atoms with van der Waals surface area (Å²) in [5.74, 6) is 0.121. The van der Waals surface area contributed by atoms with Gasteiger partial charge in [0, 0.05) is 12.4 Å². The van der Waals surface area contributed by atoms with Crippen molar-refractivity contribution >= 4 is 5.97 Å². The predicted octanol–water partition coefficient (Wildman–Crippen LogP) is 2.14. The fourth-order valence-corrected chi connectivity index (χ4v) is 1.77. The van der Waals surface area contributed by atoms with Crippen LogP contribution in [0.25, 0.3) is 0 Å². The van der Waals surface area contributed by atoms with Gasteiger partial charge in [0.2, 0.25) is 0 Å². The molecule has 1 unspecified atom stereocenters. The number of aromatic nitrogens is 2. The number of carbonyl (C=O) groups is 1. The molecule has 0 aliphatic carbocycles. The second kappa shape index (κ2) is 6.04. The first-order valence-electron chi connectivity index (χ1n) is 6.02. The number of hydrogen-bond donors (Lipinski definition) is 0. The summed E-state index contributed by atoms with van der Waals surface area (Å²) in [6, 6.07) is 8.82. The van der Waals surface area contributed by atoms with Crippen molar-refractivity contribution in [2.75, 3.05) is 7.11 Å². The molecule has 0 saturated heterocycles. The molecule has 0 bridgehead atoms. The van der Waals surface area contributed by atoms with E-state index in [1.165, 1.54) is 7.11 Å². The molecule has 5 nitrogen and oxygen atoms in total. The minimum Gasteiger partial charge on any atom is -0.496 e. The van der Waals surface area contributed by atoms with E-state index in [0.29, 0.717) is 17.9 Å². The van der Waals surface area contributed by atoms with E-state index in [4.69, 9.17) is 9.47 Å². The van der Waals surface area contributed by atoms with Crippen LogP contribution in [0.5, 0.6) is 5.75 Å². The van der Waals surface area contributed by atoms with Crippen LogP contribution in [-0.4, -0.2) is 29.0 Å². The van der Waals surface area contributed by atoms with Crippen molar-refractivity contribution in [3.8, 4) is 5.75 Å². The molecule has 1 aromatic carbocycles. The molecule has 0 spiro atoms. The van der Waals surface area contributed by atoms with E-state index in [0.717, 1.165) is 0 Å². The molecule has 2 aromatic rings. The van der Waals surface area contributed by atoms with Gasteiger partial charge >= 0.3 is 5.97 Å². The number of methoxy groups -OCH3 is 1. The summed E-state index contributed by atoms with van der Waals surface area (Å²) >= 11 is 0. The number of nitrogens with zero attached hydrogens (tertiary/aromatic N) is 2. The quantitative estimate of drug-likeness (QED) is 0.773. The van der Waals surface area contributed by atoms with Crippen molar-refractivity contribution in [2.45, 2.75) is 19.6 Å². The Bertz CT molecular complexity index is 537. The number of benzene rings is 1. The fraction of sp³-hybridized carbons (Fsp3) is 0.286. The maximum absolute atomic E-state index is 12.0. The highest BCUT2D eigenvalue weighted by Gasteiger charge is 2.16. The van der Waals surface area contributed by atoms with Gasteiger partial charge in [0.15, 0.2) is 0 Å². The molecule has 19 heavy (non-hydrogen) atoms. The van der Waals surface area contributed by atoms with Gasteiger partial charge in [-0.05, 0) is 25.1 Å². The standard InChI is InChI=1S/C14H16N2O3/c1-11(10-16-9-5-8-15-16)19-14(17)12-6-3-4-7-13(12)18-2/h3-9,11H,10H2,1-2H3. The summed E-state index contributed by atoms with van der Waals surface area (Å²) in [4.78, 5) is 12.0. The molecule has 0 radical (unpaired) electrons. The lowest BCUT2D eigenvalue weighted by Crippen LogP contribution is -2.21. The first-order chi connectivity index (χ1) is 9.20. The van der Waals surface area contributed by atoms with Crippen LogP contribution in [0.4, 0.5) is 0 Å². The Labute approximate surface area is 111 Å². The Morgan fingerprint density at radius 3 is 2.84 bits per heavy atom. The fourth-order valence-electron chi connectivity index (χ4n) is 1.77. The van der Waals surface area contributed by atoms with Crippen molar-refractivity contribution in [2.24, 2.45) is 0 Å². The summed E-state index contributed by atoms with van der Waals surface area (Å²) < 4.78 is 12.2. The summed E-state index contributed by atoms with van der Waals surface area (Å²) in [6.07, 6.45) is 3.25. The molecule has 2 rings (SSSR count). The summed E-state index contributed by atoms with van der Waals surface area (Å²) in [7, 11) is 1.53. The molecule has 100 valence electrons. The monoisotopic (exact) mass is 260 g/mol. The zero-order valence-electron chi connectivity index (χ0n) is 10.9. The molecule has 0 N–H and O–H groups in total. The normalized spacial score (nSPS) is 11.9. The van der Waals surface area contributed by atoms with Crippen LogP contribution in [0.1, 0.15) is 17.3 Å². The van der Waals surface area contributed by atoms with Crippen LogP contribution in [0.15, 0.2) is 42.7 Å². The number of rotatable bonds is 5. The summed E-state index contributed by atoms with van der Waals surface area (Å²) in [5, 5.41) is 4.07. The van der Waals surface area contributed by atoms with Crippen molar-refractivity contribution in [1.82, 2.24) is 9.78 Å². The Morgan fingerprint density at radius 2 is 2.16 bits per heavy atom. The second-order valence-corrected chi connectivity index (χ2v) is 4.14. The van der Waals surface area contributed by atoms with Gasteiger partial charge < -0.3 is 9.47 Å². The molecule has 1 heterocycles. The Kier molecular flexibility index (Phi) is 4.18. The number of esters is 1. The molecule has 5 heteroatoms. The Balaban J connectivity index is 2.00. The van der Waals surface area contributed by atoms with Crippen LogP contribution in [-0.2, 0) is 11.3 Å². The van der Waals surface area contributed by atoms with Gasteiger partial charge in [-0.3, -0.25) is 4.68 Å². The first kappa shape index (κ1) is 13.1. The van der Waals surface area contributed by atoms with Crippen molar-refractivity contribution in [3.63, 3.8) is 0 Å². The topological polar surface area (TPSA) is 53.4 Å². The molecular formula is C14H16N2O3. The summed E-state index contributed by atoms with van der Waals surface area (Å²) in [5.41, 5.74) is 0.428. The maximum Gasteiger partial charge on any atom is 0.342 e. The van der Waals surface area contributed by atoms with Crippen LogP contribution in [0.3, 0.4) is 0 Å². The van der Waals surface area contributed by atoms with Gasteiger partial charge in [0.25, 0.3) is 0 Å². The zero-order chi connectivity index (χ0) is 13.7. The van der Waals surface area contributed by atoms with Crippen molar-refractivity contribution in [3.05, 3.63) is 48.3 Å². The number of hydrogen-bond acceptors (Lipinski definition) is 4. The SMILES string of the molecule is COc1ccccc1C(=O)OC(C)Cn1cccn1. The number of para-hydroxylation sites is 1. The molecule has 0 aliphatic heterocycles. The zero-order valence-corrected chi connectivity index (χ0v) is 10.9. The lowest BCUT2D eigenvalue weighted by atomic mass is 10.2. The van der Waals surface area contributed by atoms with Crippen molar-refractivity contribution < 1.29 is 14.3 Å². The third-order valence-electron chi connectivity index (χ3n) is 2.64. The largest absolute Gasteiger partial charge is 0.496 e. The first-order valence-corrected chi connectivity index (χ1v) is 6.02. The van der Waals surface area contributed by atoms with E-state index < -0.39 is 5.97 Å². The van der Waals surface area contributed by atoms with Gasteiger partial charge in [-0.1, -0.05) is 12.1 Å². The predicted molar refractivity (Wildman–Crippen MR) is 70.1 cm³/mol. The third kappa shape index (κ3) is 3.34. The molecule has 1 atom stereocenters. The van der Waals surface area contributed by atoms with Gasteiger partial charge in [-0.15, -0.1) is 0 Å². The minimum atomic E-state index is -0.392. The lowest BCUT2D eigenvalue weighted by Gasteiger charge is -2.14. The highest BCUT2D eigenvalue weighted by molar-refractivity contribution is 5.92. The van der Waals surface area contributed by atoms with Gasteiger partial charge in [-0.2, -0.15) is 5.10 Å². The van der Waals surface area contributed by atoms with Crippen molar-refractivity contribution in [1.29, 1.82) is 0 Å². The van der Waals surface area contributed by atoms with Gasteiger partial charge in [0.05, 0.1) is 13.7 Å². The van der Waals surface area contributed by atoms with E-state index in [2.05, 4.69) is 5.10 Å². The average Bonchev–Trinajstić information content (AvgIpc) is 2.91. The Morgan fingerprint density at radius 1 is 1.37 bits per heavy atom. The van der Waals surface area contributed by atoms with Crippen LogP contribution < -0.4 is 4.74 Å². The molecule has 0 amide bonds. The third-order valence-corrected chi connectivity index (χ3v) is 2.64. The van der Waals surface area contributed by atoms with E-state index in [1.807, 2.05) is 25.3 Å². The van der Waals surface area contributed by atoms with Crippen LogP contribution in [0.2, 0.25) is 0 Å². The smallest absolute Gasteiger partial charge is 0.342 e. The minimum absolute atomic E-state index is 0.266. The molecule has 1 aromatic heterocycles. The second-order valence-electron chi connectivity index (χ2n) is 4.14. The average molecular weight is 260 g/mol. The lowest BCUT2D eigenvalue weighted by molar-refractivity contribution is 0.0295. The van der Waals surface area contributed by atoms with Crippen LogP contribution in [0, 0.1) is 0 Å². The molecule has 0 saturated carbocycles. The van der Waals surface area contributed by atoms with Crippen LogP contribution >= 0.6 is 0 Å². The van der Waals surface area contributed by atoms with E-state index in [9.17, 15) is 4.79 Å². The highest BCUT2D eigenvalue weighted by atomic mass is 16.5. The maximum atomic E-state index is 12.0. The molecule has 0 fully saturated rings. The highest BCUT2D eigenvalue weighted by Crippen LogP contribution is 2.18. The number of carbonyl (C=O) groups excluding carboxylic acids is 1. The van der Waals surface area contributed by atoms with Gasteiger partial charge in [0.1, 0.15) is 17.4 Å². The molecule has 0 aliphatic rings. The molecular weight excluding hydrogens is 244 g/mol. The van der Waals surface area contributed by atoms with Gasteiger partial charge in [-0.25, -0.2) is 4.79 Å².